The highest BCUT2D eigenvalue weighted by molar-refractivity contribution is 5.70. The Kier molecular flexibility index (Phi) is 3.30. The van der Waals surface area contributed by atoms with E-state index in [0.29, 0.717) is 25.2 Å². The lowest BCUT2D eigenvalue weighted by molar-refractivity contribution is 0.0242. The molecule has 0 N–H and O–H groups in total. The Hall–Kier alpha value is -1.75. The van der Waals surface area contributed by atoms with E-state index in [9.17, 15) is 4.79 Å². The first-order valence-corrected chi connectivity index (χ1v) is 8.37. The molecule has 1 aromatic carbocycles. The van der Waals surface area contributed by atoms with Crippen molar-refractivity contribution in [2.24, 2.45) is 0 Å². The zero-order valence-corrected chi connectivity index (χ0v) is 14.0. The maximum atomic E-state index is 12.3. The van der Waals surface area contributed by atoms with Crippen molar-refractivity contribution in [3.05, 3.63) is 29.3 Å². The van der Waals surface area contributed by atoms with Crippen LogP contribution in [0.2, 0.25) is 0 Å². The number of carbonyl (C=O) groups excluding carboxylic acids is 1. The molecule has 2 saturated heterocycles. The number of carbonyl (C=O) groups is 1. The molecule has 0 spiro atoms. The number of benzene rings is 1. The fraction of sp³-hybridized carbons (Fsp3) is 0.611. The average molecular weight is 316 g/mol. The van der Waals surface area contributed by atoms with Crippen LogP contribution in [0, 0.1) is 0 Å². The van der Waals surface area contributed by atoms with Gasteiger partial charge in [-0.3, -0.25) is 4.90 Å². The van der Waals surface area contributed by atoms with E-state index < -0.39 is 5.60 Å². The molecule has 1 aromatic rings. The first-order chi connectivity index (χ1) is 10.9. The molecule has 2 atom stereocenters. The third-order valence-corrected chi connectivity index (χ3v) is 4.80. The van der Waals surface area contributed by atoms with Crippen LogP contribution in [0.15, 0.2) is 18.2 Å². The summed E-state index contributed by atoms with van der Waals surface area (Å²) in [5, 5.41) is 0. The number of anilines is 1. The van der Waals surface area contributed by atoms with Gasteiger partial charge in [-0.15, -0.1) is 0 Å². The van der Waals surface area contributed by atoms with Crippen molar-refractivity contribution in [3.8, 4) is 0 Å². The minimum absolute atomic E-state index is 0.233. The van der Waals surface area contributed by atoms with Crippen molar-refractivity contribution in [2.75, 3.05) is 18.1 Å². The third-order valence-electron chi connectivity index (χ3n) is 4.80. The standard InChI is InChI=1S/C18H24N2O3/c1-18(2,3)23-17(21)19-8-12-4-5-14(6-13(12)9-19)20-10-16-7-15(20)11-22-16/h4-6,15-16H,7-11H2,1-3H3. The molecule has 4 rings (SSSR count). The summed E-state index contributed by atoms with van der Waals surface area (Å²) in [6, 6.07) is 7.09. The number of rotatable bonds is 1. The van der Waals surface area contributed by atoms with Gasteiger partial charge in [0.25, 0.3) is 0 Å². The van der Waals surface area contributed by atoms with E-state index in [1.165, 1.54) is 16.8 Å². The zero-order chi connectivity index (χ0) is 16.2. The molecule has 3 aliphatic rings. The van der Waals surface area contributed by atoms with Crippen molar-refractivity contribution in [2.45, 2.75) is 58.0 Å². The van der Waals surface area contributed by atoms with E-state index in [0.717, 1.165) is 19.6 Å². The fourth-order valence-electron chi connectivity index (χ4n) is 3.73. The normalized spacial score (nSPS) is 25.9. The Bertz CT molecular complexity index is 638. The van der Waals surface area contributed by atoms with E-state index in [-0.39, 0.29) is 6.09 Å². The summed E-state index contributed by atoms with van der Waals surface area (Å²) < 4.78 is 11.2. The van der Waals surface area contributed by atoms with Gasteiger partial charge in [-0.25, -0.2) is 4.79 Å². The second-order valence-corrected chi connectivity index (χ2v) is 7.79. The second kappa shape index (κ2) is 5.13. The topological polar surface area (TPSA) is 42.0 Å². The maximum absolute atomic E-state index is 12.3. The number of amides is 1. The minimum Gasteiger partial charge on any atom is -0.444 e. The Morgan fingerprint density at radius 3 is 2.70 bits per heavy atom. The molecule has 3 aliphatic heterocycles. The van der Waals surface area contributed by atoms with E-state index in [4.69, 9.17) is 9.47 Å². The molecule has 0 saturated carbocycles. The molecule has 2 fully saturated rings. The van der Waals surface area contributed by atoms with E-state index in [1.807, 2.05) is 20.8 Å². The smallest absolute Gasteiger partial charge is 0.410 e. The summed E-state index contributed by atoms with van der Waals surface area (Å²) in [6.45, 7) is 8.80. The number of ether oxygens (including phenoxy) is 2. The van der Waals surface area contributed by atoms with Crippen LogP contribution in [-0.2, 0) is 22.6 Å². The van der Waals surface area contributed by atoms with E-state index >= 15 is 0 Å². The molecule has 1 amide bonds. The first kappa shape index (κ1) is 14.8. The lowest BCUT2D eigenvalue weighted by Crippen LogP contribution is -2.36. The Labute approximate surface area is 137 Å². The summed E-state index contributed by atoms with van der Waals surface area (Å²) in [6.07, 6.45) is 1.30. The second-order valence-electron chi connectivity index (χ2n) is 7.79. The van der Waals surface area contributed by atoms with Crippen LogP contribution in [0.5, 0.6) is 0 Å². The molecule has 23 heavy (non-hydrogen) atoms. The zero-order valence-electron chi connectivity index (χ0n) is 14.0. The molecule has 3 heterocycles. The summed E-state index contributed by atoms with van der Waals surface area (Å²) in [7, 11) is 0. The number of hydrogen-bond acceptors (Lipinski definition) is 4. The monoisotopic (exact) mass is 316 g/mol. The quantitative estimate of drug-likeness (QED) is 0.799. The third kappa shape index (κ3) is 2.78. The lowest BCUT2D eigenvalue weighted by Gasteiger charge is -2.29. The Morgan fingerprint density at radius 2 is 2.04 bits per heavy atom. The van der Waals surface area contributed by atoms with Crippen LogP contribution in [-0.4, -0.2) is 41.9 Å². The summed E-state index contributed by atoms with van der Waals surface area (Å²) >= 11 is 0. The van der Waals surface area contributed by atoms with Gasteiger partial charge in [0.2, 0.25) is 0 Å². The van der Waals surface area contributed by atoms with Crippen LogP contribution in [0.1, 0.15) is 38.3 Å². The molecule has 124 valence electrons. The van der Waals surface area contributed by atoms with Crippen LogP contribution in [0.25, 0.3) is 0 Å². The van der Waals surface area contributed by atoms with Crippen molar-refractivity contribution in [3.63, 3.8) is 0 Å². The van der Waals surface area contributed by atoms with Gasteiger partial charge in [0, 0.05) is 25.3 Å². The molecular formula is C18H24N2O3. The van der Waals surface area contributed by atoms with E-state index in [1.54, 1.807) is 4.90 Å². The summed E-state index contributed by atoms with van der Waals surface area (Å²) in [5.41, 5.74) is 3.26. The summed E-state index contributed by atoms with van der Waals surface area (Å²) in [4.78, 5) is 16.5. The molecule has 0 aromatic heterocycles. The first-order valence-electron chi connectivity index (χ1n) is 8.37. The molecular weight excluding hydrogens is 292 g/mol. The SMILES string of the molecule is CC(C)(C)OC(=O)N1Cc2ccc(N3CC4CC3CO4)cc2C1. The van der Waals surface area contributed by atoms with Crippen LogP contribution in [0.3, 0.4) is 0 Å². The number of hydrogen-bond donors (Lipinski definition) is 0. The molecule has 2 bridgehead atoms. The fourth-order valence-corrected chi connectivity index (χ4v) is 3.73. The van der Waals surface area contributed by atoms with Gasteiger partial charge in [-0.1, -0.05) is 6.07 Å². The Morgan fingerprint density at radius 1 is 1.26 bits per heavy atom. The van der Waals surface area contributed by atoms with Crippen LogP contribution < -0.4 is 4.90 Å². The molecule has 5 heteroatoms. The average Bonchev–Trinajstić information content (AvgIpc) is 3.18. The molecule has 0 aliphatic carbocycles. The van der Waals surface area contributed by atoms with Gasteiger partial charge in [-0.05, 0) is 50.5 Å². The highest BCUT2D eigenvalue weighted by Crippen LogP contribution is 2.35. The van der Waals surface area contributed by atoms with E-state index in [2.05, 4.69) is 23.1 Å². The predicted octanol–water partition coefficient (Wildman–Crippen LogP) is 2.91. The van der Waals surface area contributed by atoms with Gasteiger partial charge in [0.15, 0.2) is 0 Å². The lowest BCUT2D eigenvalue weighted by atomic mass is 10.1. The molecule has 0 radical (unpaired) electrons. The van der Waals surface area contributed by atoms with Crippen molar-refractivity contribution < 1.29 is 14.3 Å². The van der Waals surface area contributed by atoms with Crippen molar-refractivity contribution >= 4 is 11.8 Å². The largest absolute Gasteiger partial charge is 0.444 e. The van der Waals surface area contributed by atoms with Gasteiger partial charge in [-0.2, -0.15) is 0 Å². The van der Waals surface area contributed by atoms with Crippen LogP contribution in [0.4, 0.5) is 10.5 Å². The van der Waals surface area contributed by atoms with Gasteiger partial charge >= 0.3 is 6.09 Å². The Balaban J connectivity index is 1.48. The number of fused-ring (bicyclic) bond motifs is 3. The number of nitrogens with zero attached hydrogens (tertiary/aromatic N) is 2. The molecule has 5 nitrogen and oxygen atoms in total. The predicted molar refractivity (Wildman–Crippen MR) is 87.4 cm³/mol. The van der Waals surface area contributed by atoms with Crippen molar-refractivity contribution in [1.82, 2.24) is 4.90 Å². The van der Waals surface area contributed by atoms with Crippen LogP contribution >= 0.6 is 0 Å². The minimum atomic E-state index is -0.453. The maximum Gasteiger partial charge on any atom is 0.410 e. The highest BCUT2D eigenvalue weighted by Gasteiger charge is 2.39. The molecule has 2 unspecified atom stereocenters. The van der Waals surface area contributed by atoms with Gasteiger partial charge in [0.1, 0.15) is 5.60 Å². The van der Waals surface area contributed by atoms with Gasteiger partial charge < -0.3 is 14.4 Å². The summed E-state index contributed by atoms with van der Waals surface area (Å²) in [5.74, 6) is 0. The number of morpholine rings is 1. The highest BCUT2D eigenvalue weighted by atomic mass is 16.6. The van der Waals surface area contributed by atoms with Gasteiger partial charge in [0.05, 0.1) is 18.8 Å². The van der Waals surface area contributed by atoms with Crippen molar-refractivity contribution in [1.29, 1.82) is 0 Å².